The first-order valence-electron chi connectivity index (χ1n) is 3.22. The second-order valence-corrected chi connectivity index (χ2v) is 3.13. The topological polar surface area (TPSA) is 63.3 Å². The molecule has 0 aromatic heterocycles. The number of hydrogen-bond acceptors (Lipinski definition) is 3. The summed E-state index contributed by atoms with van der Waals surface area (Å²) in [5.74, 6) is -0.944. The van der Waals surface area contributed by atoms with E-state index in [0.29, 0.717) is 13.2 Å². The minimum absolute atomic E-state index is 0.493. The number of rotatable bonds is 4. The van der Waals surface area contributed by atoms with E-state index in [-0.39, 0.29) is 0 Å². The van der Waals surface area contributed by atoms with E-state index < -0.39 is 12.0 Å². The summed E-state index contributed by atoms with van der Waals surface area (Å²) in [5, 5.41) is 8.37. The van der Waals surface area contributed by atoms with Crippen molar-refractivity contribution in [2.45, 2.75) is 25.3 Å². The van der Waals surface area contributed by atoms with Crippen molar-refractivity contribution in [3.05, 3.63) is 0 Å². The van der Waals surface area contributed by atoms with E-state index in [4.69, 9.17) is 10.8 Å². The normalized spacial score (nSPS) is 11.7. The van der Waals surface area contributed by atoms with Crippen molar-refractivity contribution < 1.29 is 9.90 Å². The molecular formula is C6H10NO2PS. The van der Waals surface area contributed by atoms with Crippen LogP contribution in [0.1, 0.15) is 19.3 Å². The Bertz CT molecular complexity index is 224. The minimum atomic E-state index is -0.944. The number of carboxylic acids is 1. The zero-order chi connectivity index (χ0) is 8.69. The zero-order valence-electron chi connectivity index (χ0n) is 5.99. The van der Waals surface area contributed by atoms with E-state index in [9.17, 15) is 4.79 Å². The molecule has 3 nitrogen and oxygen atoms in total. The summed E-state index contributed by atoms with van der Waals surface area (Å²) in [6, 6.07) is -0.737. The van der Waals surface area contributed by atoms with E-state index in [0.717, 1.165) is 12.8 Å². The molecule has 1 unspecified atom stereocenters. The van der Waals surface area contributed by atoms with Gasteiger partial charge in [0.15, 0.2) is 0 Å². The fraction of sp³-hybridized carbons (Fsp3) is 0.667. The average molecular weight is 191 g/mol. The second-order valence-electron chi connectivity index (χ2n) is 2.09. The van der Waals surface area contributed by atoms with E-state index in [1.807, 2.05) is 0 Å². The fourth-order valence-corrected chi connectivity index (χ4v) is 1.09. The standard InChI is InChI=1S/C6H10NO2PS/c7-5(6(8)9)3-1-2-4-10-11/h5H,1-3,7H2,(H,8,9). The Morgan fingerprint density at radius 1 is 1.82 bits per heavy atom. The van der Waals surface area contributed by atoms with Crippen molar-refractivity contribution in [1.82, 2.24) is 0 Å². The number of carboxylic acid groups (broad SMARTS) is 1. The Balaban J connectivity index is 3.43. The number of aliphatic carboxylic acids is 1. The van der Waals surface area contributed by atoms with Gasteiger partial charge in [0.25, 0.3) is 0 Å². The van der Waals surface area contributed by atoms with E-state index in [1.165, 1.54) is 0 Å². The average Bonchev–Trinajstić information content (AvgIpc) is 1.97. The molecule has 0 aromatic carbocycles. The number of hydrogen-bond donors (Lipinski definition) is 2. The van der Waals surface area contributed by atoms with E-state index in [1.54, 1.807) is 0 Å². The van der Waals surface area contributed by atoms with Crippen molar-refractivity contribution in [3.63, 3.8) is 0 Å². The van der Waals surface area contributed by atoms with Gasteiger partial charge >= 0.3 is 71.2 Å². The summed E-state index contributed by atoms with van der Waals surface area (Å²) >= 11 is 4.60. The Hall–Kier alpha value is -0.140. The van der Waals surface area contributed by atoms with Crippen LogP contribution >= 0.6 is 6.81 Å². The van der Waals surface area contributed by atoms with Gasteiger partial charge in [-0.1, -0.05) is 0 Å². The molecule has 0 amide bonds. The van der Waals surface area contributed by atoms with Crippen LogP contribution < -0.4 is 5.73 Å². The summed E-state index contributed by atoms with van der Waals surface area (Å²) in [6.07, 6.45) is 1.97. The predicted octanol–water partition coefficient (Wildman–Crippen LogP) is 0.936. The van der Waals surface area contributed by atoms with Gasteiger partial charge in [0.2, 0.25) is 0 Å². The Kier molecular flexibility index (Phi) is 6.48. The van der Waals surface area contributed by atoms with Crippen LogP contribution in [0, 0.1) is 5.63 Å². The van der Waals surface area contributed by atoms with E-state index in [2.05, 4.69) is 17.4 Å². The van der Waals surface area contributed by atoms with Crippen LogP contribution in [0.5, 0.6) is 0 Å². The molecule has 0 aromatic rings. The van der Waals surface area contributed by atoms with E-state index >= 15 is 0 Å². The van der Waals surface area contributed by atoms with Crippen molar-refractivity contribution >= 4 is 24.6 Å². The first kappa shape index (κ1) is 10.9. The molecule has 3 N–H and O–H groups in total. The van der Waals surface area contributed by atoms with Gasteiger partial charge in [-0.25, -0.2) is 0 Å². The van der Waals surface area contributed by atoms with Gasteiger partial charge in [-0.15, -0.1) is 0 Å². The van der Waals surface area contributed by atoms with Crippen LogP contribution in [0.2, 0.25) is 0 Å². The third kappa shape index (κ3) is 6.27. The molecule has 1 atom stereocenters. The number of unbranched alkanes of at least 4 members (excludes halogenated alkanes) is 1. The van der Waals surface area contributed by atoms with Gasteiger partial charge in [0.05, 0.1) is 0 Å². The van der Waals surface area contributed by atoms with Crippen LogP contribution in [-0.4, -0.2) is 17.1 Å². The molecule has 0 heterocycles. The van der Waals surface area contributed by atoms with Gasteiger partial charge in [-0.2, -0.15) is 0 Å². The molecule has 0 fully saturated rings. The third-order valence-corrected chi connectivity index (χ3v) is 1.93. The molecule has 0 radical (unpaired) electrons. The molecule has 0 aliphatic heterocycles. The molecule has 0 aliphatic rings. The molecule has 0 saturated heterocycles. The van der Waals surface area contributed by atoms with Gasteiger partial charge in [0, 0.05) is 0 Å². The van der Waals surface area contributed by atoms with Crippen LogP contribution in [0.3, 0.4) is 0 Å². The second kappa shape index (κ2) is 6.56. The predicted molar refractivity (Wildman–Crippen MR) is 47.6 cm³/mol. The van der Waals surface area contributed by atoms with Gasteiger partial charge in [0.1, 0.15) is 0 Å². The molecule has 0 saturated carbocycles. The van der Waals surface area contributed by atoms with Gasteiger partial charge in [-0.05, 0) is 0 Å². The van der Waals surface area contributed by atoms with Crippen LogP contribution in [0.15, 0.2) is 0 Å². The van der Waals surface area contributed by atoms with Crippen LogP contribution in [0.4, 0.5) is 0 Å². The molecule has 5 heteroatoms. The SMILES string of the molecule is NC(CCCC#P=S)C(=O)O. The molecule has 0 rings (SSSR count). The molecule has 0 bridgehead atoms. The van der Waals surface area contributed by atoms with Crippen LogP contribution in [-0.2, 0) is 16.6 Å². The summed E-state index contributed by atoms with van der Waals surface area (Å²) < 4.78 is 0. The van der Waals surface area contributed by atoms with Gasteiger partial charge in [-0.3, -0.25) is 0 Å². The maximum absolute atomic E-state index is 10.2. The Labute approximate surface area is 71.7 Å². The van der Waals surface area contributed by atoms with Crippen molar-refractivity contribution in [2.75, 3.05) is 0 Å². The molecular weight excluding hydrogens is 181 g/mol. The Morgan fingerprint density at radius 2 is 2.45 bits per heavy atom. The molecule has 0 spiro atoms. The summed E-state index contributed by atoms with van der Waals surface area (Å²) in [4.78, 5) is 10.2. The summed E-state index contributed by atoms with van der Waals surface area (Å²) in [6.45, 7) is 0.704. The van der Waals surface area contributed by atoms with Gasteiger partial charge < -0.3 is 0 Å². The summed E-state index contributed by atoms with van der Waals surface area (Å²) in [5.41, 5.74) is 8.12. The monoisotopic (exact) mass is 191 g/mol. The first-order valence-corrected chi connectivity index (χ1v) is 5.13. The fourth-order valence-electron chi connectivity index (χ4n) is 0.570. The summed E-state index contributed by atoms with van der Waals surface area (Å²) in [7, 11) is 0. The van der Waals surface area contributed by atoms with Crippen molar-refractivity contribution in [2.24, 2.45) is 5.73 Å². The maximum atomic E-state index is 10.2. The quantitative estimate of drug-likeness (QED) is 0.512. The zero-order valence-corrected chi connectivity index (χ0v) is 7.70. The van der Waals surface area contributed by atoms with Crippen molar-refractivity contribution in [1.29, 1.82) is 0 Å². The van der Waals surface area contributed by atoms with Crippen LogP contribution in [0.25, 0.3) is 0 Å². The third-order valence-electron chi connectivity index (χ3n) is 1.19. The number of nitrogens with two attached hydrogens (primary N) is 1. The Morgan fingerprint density at radius 3 is 2.91 bits per heavy atom. The molecule has 11 heavy (non-hydrogen) atoms. The molecule has 62 valence electrons. The van der Waals surface area contributed by atoms with Crippen molar-refractivity contribution in [3.8, 4) is 5.63 Å². The molecule has 0 aliphatic carbocycles. The number of carbonyl (C=O) groups is 1. The first-order chi connectivity index (χ1) is 5.18.